The molecular weight excluding hydrogens is 464 g/mol. The first kappa shape index (κ1) is 25.2. The number of unbranched alkanes of at least 4 members (excludes halogenated alkanes) is 1. The van der Waals surface area contributed by atoms with Gasteiger partial charge in [-0.05, 0) is 62.3 Å². The minimum Gasteiger partial charge on any atom is -0.448 e. The van der Waals surface area contributed by atoms with Crippen LogP contribution in [0.5, 0.6) is 0 Å². The monoisotopic (exact) mass is 494 g/mol. The van der Waals surface area contributed by atoms with Crippen LogP contribution in [-0.4, -0.2) is 53.9 Å². The maximum atomic E-state index is 12.9. The van der Waals surface area contributed by atoms with Crippen molar-refractivity contribution in [1.29, 1.82) is 0 Å². The fourth-order valence-corrected chi connectivity index (χ4v) is 4.52. The number of hydrogen-bond acceptors (Lipinski definition) is 7. The molecule has 1 atom stereocenters. The first-order valence-corrected chi connectivity index (χ1v) is 12.0. The zero-order chi connectivity index (χ0) is 25.9. The predicted molar refractivity (Wildman–Crippen MR) is 130 cm³/mol. The Bertz CT molecular complexity index is 1130. The Kier molecular flexibility index (Phi) is 7.28. The summed E-state index contributed by atoms with van der Waals surface area (Å²) in [6.07, 6.45) is -1.28. The third-order valence-electron chi connectivity index (χ3n) is 6.07. The normalized spacial score (nSPS) is 16.9. The van der Waals surface area contributed by atoms with Crippen molar-refractivity contribution in [3.8, 4) is 11.1 Å². The van der Waals surface area contributed by atoms with Gasteiger partial charge in [0.1, 0.15) is 18.2 Å². The second kappa shape index (κ2) is 10.4. The molecular formula is C27H30N2O7. The number of benzene rings is 2. The summed E-state index contributed by atoms with van der Waals surface area (Å²) in [7, 11) is 0. The molecule has 1 saturated heterocycles. The molecule has 0 saturated carbocycles. The number of alkyl carbamates (subject to hydrolysis) is 1. The molecule has 36 heavy (non-hydrogen) atoms. The molecule has 1 heterocycles. The van der Waals surface area contributed by atoms with Crippen LogP contribution < -0.4 is 5.32 Å². The Morgan fingerprint density at radius 1 is 0.972 bits per heavy atom. The number of amides is 3. The summed E-state index contributed by atoms with van der Waals surface area (Å²) in [5.41, 5.74) is 3.66. The Balaban J connectivity index is 1.32. The molecule has 190 valence electrons. The number of cyclic esters (lactones) is 2. The Hall–Kier alpha value is -3.88. The van der Waals surface area contributed by atoms with E-state index >= 15 is 0 Å². The third kappa shape index (κ3) is 5.50. The van der Waals surface area contributed by atoms with Crippen molar-refractivity contribution in [3.63, 3.8) is 0 Å². The van der Waals surface area contributed by atoms with Crippen molar-refractivity contribution < 1.29 is 33.4 Å². The first-order chi connectivity index (χ1) is 17.2. The van der Waals surface area contributed by atoms with E-state index in [0.29, 0.717) is 19.4 Å². The Morgan fingerprint density at radius 3 is 2.19 bits per heavy atom. The molecule has 9 nitrogen and oxygen atoms in total. The van der Waals surface area contributed by atoms with Crippen LogP contribution in [0.25, 0.3) is 11.1 Å². The number of carbonyl (C=O) groups is 4. The largest absolute Gasteiger partial charge is 0.448 e. The summed E-state index contributed by atoms with van der Waals surface area (Å²) in [6.45, 7) is 5.67. The van der Waals surface area contributed by atoms with Gasteiger partial charge in [0.2, 0.25) is 0 Å². The molecule has 4 rings (SSSR count). The van der Waals surface area contributed by atoms with Gasteiger partial charge in [-0.1, -0.05) is 48.5 Å². The standard InChI is InChI=1S/C27H30N2O7/c1-27(2,3)36-24(31)28-15-9-8-14-22-23(30)35-26(33)29(22)25(32)34-16-21-19-12-6-4-10-17(19)18-11-5-7-13-20(18)21/h4-7,10-13,21-22H,8-9,14-16H2,1-3H3,(H,28,31). The van der Waals surface area contributed by atoms with Crippen molar-refractivity contribution in [2.24, 2.45) is 0 Å². The smallest absolute Gasteiger partial charge is 0.427 e. The van der Waals surface area contributed by atoms with Crippen molar-refractivity contribution in [2.75, 3.05) is 13.2 Å². The lowest BCUT2D eigenvalue weighted by Crippen LogP contribution is -2.41. The fourth-order valence-electron chi connectivity index (χ4n) is 4.52. The molecule has 1 aliphatic carbocycles. The number of nitrogens with zero attached hydrogens (tertiary/aromatic N) is 1. The van der Waals surface area contributed by atoms with Gasteiger partial charge < -0.3 is 19.5 Å². The van der Waals surface area contributed by atoms with Crippen molar-refractivity contribution in [3.05, 3.63) is 59.7 Å². The molecule has 1 N–H and O–H groups in total. The van der Waals surface area contributed by atoms with Gasteiger partial charge in [0.05, 0.1) is 0 Å². The lowest BCUT2D eigenvalue weighted by molar-refractivity contribution is -0.136. The summed E-state index contributed by atoms with van der Waals surface area (Å²) >= 11 is 0. The number of carbonyl (C=O) groups excluding carboxylic acids is 4. The van der Waals surface area contributed by atoms with E-state index < -0.39 is 35.9 Å². The van der Waals surface area contributed by atoms with Crippen LogP contribution in [0.3, 0.4) is 0 Å². The molecule has 1 unspecified atom stereocenters. The van der Waals surface area contributed by atoms with Gasteiger partial charge in [0.25, 0.3) is 0 Å². The van der Waals surface area contributed by atoms with E-state index in [1.807, 2.05) is 48.5 Å². The lowest BCUT2D eigenvalue weighted by Gasteiger charge is -2.20. The molecule has 2 aromatic carbocycles. The molecule has 2 aliphatic rings. The highest BCUT2D eigenvalue weighted by Gasteiger charge is 2.46. The van der Waals surface area contributed by atoms with E-state index in [-0.39, 0.29) is 18.9 Å². The first-order valence-electron chi connectivity index (χ1n) is 12.0. The van der Waals surface area contributed by atoms with Gasteiger partial charge in [0, 0.05) is 12.5 Å². The van der Waals surface area contributed by atoms with Crippen molar-refractivity contribution in [2.45, 2.75) is 57.6 Å². The lowest BCUT2D eigenvalue weighted by atomic mass is 9.98. The summed E-state index contributed by atoms with van der Waals surface area (Å²) in [5.74, 6) is -0.957. The summed E-state index contributed by atoms with van der Waals surface area (Å²) in [6, 6.07) is 14.8. The average molecular weight is 495 g/mol. The molecule has 1 fully saturated rings. The van der Waals surface area contributed by atoms with Crippen LogP contribution in [0.15, 0.2) is 48.5 Å². The van der Waals surface area contributed by atoms with Crippen molar-refractivity contribution in [1.82, 2.24) is 10.2 Å². The topological polar surface area (TPSA) is 111 Å². The number of rotatable bonds is 7. The highest BCUT2D eigenvalue weighted by atomic mass is 16.6. The molecule has 0 spiro atoms. The molecule has 0 bridgehead atoms. The van der Waals surface area contributed by atoms with Gasteiger partial charge in [-0.25, -0.2) is 19.2 Å². The van der Waals surface area contributed by atoms with Gasteiger partial charge in [-0.3, -0.25) is 0 Å². The zero-order valence-electron chi connectivity index (χ0n) is 20.6. The second-order valence-corrected chi connectivity index (χ2v) is 9.80. The van der Waals surface area contributed by atoms with E-state index in [2.05, 4.69) is 5.32 Å². The van der Waals surface area contributed by atoms with Crippen LogP contribution in [0.4, 0.5) is 14.4 Å². The summed E-state index contributed by atoms with van der Waals surface area (Å²) in [5, 5.41) is 2.64. The minimum atomic E-state index is -1.06. The van der Waals surface area contributed by atoms with E-state index in [1.54, 1.807) is 20.8 Å². The van der Waals surface area contributed by atoms with Crippen LogP contribution >= 0.6 is 0 Å². The predicted octanol–water partition coefficient (Wildman–Crippen LogP) is 4.98. The summed E-state index contributed by atoms with van der Waals surface area (Å²) < 4.78 is 15.4. The second-order valence-electron chi connectivity index (χ2n) is 9.80. The summed E-state index contributed by atoms with van der Waals surface area (Å²) in [4.78, 5) is 49.8. The number of esters is 1. The SMILES string of the molecule is CC(C)(C)OC(=O)NCCCCC1C(=O)OC(=O)N1C(=O)OCC1c2ccccc2-c2ccccc21. The van der Waals surface area contributed by atoms with Crippen LogP contribution in [0.2, 0.25) is 0 Å². The highest BCUT2D eigenvalue weighted by Crippen LogP contribution is 2.44. The minimum absolute atomic E-state index is 0.0252. The molecule has 3 amide bonds. The molecule has 0 radical (unpaired) electrons. The van der Waals surface area contributed by atoms with E-state index in [0.717, 1.165) is 27.2 Å². The third-order valence-corrected chi connectivity index (χ3v) is 6.07. The number of ether oxygens (including phenoxy) is 3. The number of fused-ring (bicyclic) bond motifs is 3. The highest BCUT2D eigenvalue weighted by molar-refractivity contribution is 6.03. The van der Waals surface area contributed by atoms with Gasteiger partial charge in [-0.15, -0.1) is 0 Å². The molecule has 1 aliphatic heterocycles. The molecule has 2 aromatic rings. The maximum Gasteiger partial charge on any atom is 0.427 e. The molecule has 9 heteroatoms. The van der Waals surface area contributed by atoms with Crippen LogP contribution in [-0.2, 0) is 19.0 Å². The zero-order valence-corrected chi connectivity index (χ0v) is 20.6. The number of imide groups is 1. The van der Waals surface area contributed by atoms with Crippen LogP contribution in [0.1, 0.15) is 57.1 Å². The van der Waals surface area contributed by atoms with E-state index in [1.165, 1.54) is 0 Å². The quantitative estimate of drug-likeness (QED) is 0.250. The maximum absolute atomic E-state index is 12.9. The van der Waals surface area contributed by atoms with E-state index in [9.17, 15) is 19.2 Å². The van der Waals surface area contributed by atoms with Crippen molar-refractivity contribution >= 4 is 24.2 Å². The van der Waals surface area contributed by atoms with Gasteiger partial charge in [0.15, 0.2) is 0 Å². The fraction of sp³-hybridized carbons (Fsp3) is 0.407. The number of hydrogen-bond donors (Lipinski definition) is 1. The number of nitrogens with one attached hydrogen (secondary N) is 1. The van der Waals surface area contributed by atoms with E-state index in [4.69, 9.17) is 14.2 Å². The molecule has 0 aromatic heterocycles. The Labute approximate surface area is 209 Å². The van der Waals surface area contributed by atoms with Gasteiger partial charge in [-0.2, -0.15) is 4.90 Å². The Morgan fingerprint density at radius 2 is 1.58 bits per heavy atom. The average Bonchev–Trinajstić information content (AvgIpc) is 3.29. The van der Waals surface area contributed by atoms with Crippen LogP contribution in [0, 0.1) is 0 Å². The van der Waals surface area contributed by atoms with Gasteiger partial charge >= 0.3 is 24.2 Å².